The fourth-order valence-corrected chi connectivity index (χ4v) is 1.01. The Morgan fingerprint density at radius 2 is 2.09 bits per heavy atom. The molecule has 2 nitrogen and oxygen atoms in total. The first-order valence-electron chi connectivity index (χ1n) is 4.07. The van der Waals surface area contributed by atoms with Crippen LogP contribution >= 0.6 is 0 Å². The highest BCUT2D eigenvalue weighted by atomic mass is 14.9. The quantitative estimate of drug-likeness (QED) is 0.588. The Balaban J connectivity index is 3.74. The van der Waals surface area contributed by atoms with E-state index in [1.807, 2.05) is 7.05 Å². The lowest BCUT2D eigenvalue weighted by Gasteiger charge is -2.24. The van der Waals surface area contributed by atoms with Crippen LogP contribution in [0.5, 0.6) is 0 Å². The van der Waals surface area contributed by atoms with E-state index < -0.39 is 0 Å². The largest absolute Gasteiger partial charge is 0.330 e. The van der Waals surface area contributed by atoms with Crippen molar-refractivity contribution in [2.45, 2.75) is 32.2 Å². The van der Waals surface area contributed by atoms with E-state index >= 15 is 0 Å². The molecule has 0 atom stereocenters. The van der Waals surface area contributed by atoms with Gasteiger partial charge in [-0.2, -0.15) is 0 Å². The average Bonchev–Trinajstić information content (AvgIpc) is 1.87. The molecule has 0 aliphatic carbocycles. The molecule has 0 aromatic rings. The van der Waals surface area contributed by atoms with Gasteiger partial charge in [-0.05, 0) is 40.3 Å². The Hall–Kier alpha value is -0.340. The van der Waals surface area contributed by atoms with E-state index in [-0.39, 0.29) is 5.54 Å². The fraction of sp³-hybridized carbons (Fsp3) is 0.778. The fourth-order valence-electron chi connectivity index (χ4n) is 1.01. The molecule has 0 aliphatic rings. The zero-order valence-electron chi connectivity index (χ0n) is 7.91. The van der Waals surface area contributed by atoms with Crippen LogP contribution in [0.15, 0.2) is 12.2 Å². The van der Waals surface area contributed by atoms with Crippen LogP contribution in [0.1, 0.15) is 26.7 Å². The highest BCUT2D eigenvalue weighted by molar-refractivity contribution is 5.01. The molecule has 0 radical (unpaired) electrons. The first-order valence-corrected chi connectivity index (χ1v) is 4.07. The molecule has 0 saturated carbocycles. The van der Waals surface area contributed by atoms with Gasteiger partial charge >= 0.3 is 0 Å². The summed E-state index contributed by atoms with van der Waals surface area (Å²) in [6.07, 6.45) is 1.94. The zero-order chi connectivity index (χ0) is 8.91. The van der Waals surface area contributed by atoms with Gasteiger partial charge in [0.05, 0.1) is 0 Å². The van der Waals surface area contributed by atoms with Gasteiger partial charge in [-0.1, -0.05) is 12.2 Å². The summed E-state index contributed by atoms with van der Waals surface area (Å²) in [5.41, 5.74) is 6.80. The molecule has 0 aliphatic heterocycles. The van der Waals surface area contributed by atoms with Crippen molar-refractivity contribution in [1.82, 2.24) is 5.32 Å². The molecule has 0 heterocycles. The van der Waals surface area contributed by atoms with E-state index in [2.05, 4.69) is 25.7 Å². The van der Waals surface area contributed by atoms with Crippen LogP contribution < -0.4 is 11.1 Å². The summed E-state index contributed by atoms with van der Waals surface area (Å²) >= 11 is 0. The third-order valence-corrected chi connectivity index (χ3v) is 1.87. The Labute approximate surface area is 69.9 Å². The molecule has 0 amide bonds. The number of nitrogens with one attached hydrogen (secondary N) is 1. The van der Waals surface area contributed by atoms with Crippen LogP contribution in [-0.4, -0.2) is 19.1 Å². The van der Waals surface area contributed by atoms with Gasteiger partial charge < -0.3 is 11.1 Å². The topological polar surface area (TPSA) is 38.0 Å². The number of nitrogens with two attached hydrogens (primary N) is 1. The predicted octanol–water partition coefficient (Wildman–Crippen LogP) is 1.28. The molecule has 0 aromatic carbocycles. The average molecular weight is 156 g/mol. The van der Waals surface area contributed by atoms with E-state index in [1.165, 1.54) is 5.57 Å². The van der Waals surface area contributed by atoms with E-state index in [9.17, 15) is 0 Å². The van der Waals surface area contributed by atoms with Crippen molar-refractivity contribution in [3.63, 3.8) is 0 Å². The van der Waals surface area contributed by atoms with Crippen LogP contribution in [-0.2, 0) is 0 Å². The van der Waals surface area contributed by atoms with Crippen molar-refractivity contribution >= 4 is 0 Å². The van der Waals surface area contributed by atoms with Gasteiger partial charge in [0.2, 0.25) is 0 Å². The maximum absolute atomic E-state index is 5.41. The van der Waals surface area contributed by atoms with Crippen molar-refractivity contribution in [3.05, 3.63) is 12.2 Å². The summed E-state index contributed by atoms with van der Waals surface area (Å²) in [6, 6.07) is 0. The first-order chi connectivity index (χ1) is 5.02. The molecule has 3 N–H and O–H groups in total. The molecule has 0 fully saturated rings. The van der Waals surface area contributed by atoms with Crippen molar-refractivity contribution < 1.29 is 0 Å². The van der Waals surface area contributed by atoms with Crippen molar-refractivity contribution in [1.29, 1.82) is 0 Å². The monoisotopic (exact) mass is 156 g/mol. The SMILES string of the molecule is C=C(CCN)CC(C)(C)NC. The van der Waals surface area contributed by atoms with Crippen molar-refractivity contribution in [2.75, 3.05) is 13.6 Å². The summed E-state index contributed by atoms with van der Waals surface area (Å²) in [6.45, 7) is 8.99. The van der Waals surface area contributed by atoms with Crippen LogP contribution in [0.25, 0.3) is 0 Å². The van der Waals surface area contributed by atoms with Gasteiger partial charge in [-0.15, -0.1) is 0 Å². The number of hydrogen-bond donors (Lipinski definition) is 2. The van der Waals surface area contributed by atoms with E-state index in [1.54, 1.807) is 0 Å². The van der Waals surface area contributed by atoms with E-state index in [0.29, 0.717) is 6.54 Å². The van der Waals surface area contributed by atoms with Gasteiger partial charge in [0, 0.05) is 5.54 Å². The Bertz CT molecular complexity index is 128. The second-order valence-corrected chi connectivity index (χ2v) is 3.60. The molecule has 0 saturated heterocycles. The summed E-state index contributed by atoms with van der Waals surface area (Å²) in [7, 11) is 1.97. The molecule has 2 heteroatoms. The van der Waals surface area contributed by atoms with E-state index in [4.69, 9.17) is 5.73 Å². The lowest BCUT2D eigenvalue weighted by molar-refractivity contribution is 0.417. The highest BCUT2D eigenvalue weighted by Crippen LogP contribution is 2.15. The lowest BCUT2D eigenvalue weighted by atomic mass is 9.94. The molecule has 0 bridgehead atoms. The second kappa shape index (κ2) is 4.52. The molecule has 0 spiro atoms. The maximum atomic E-state index is 5.41. The van der Waals surface area contributed by atoms with Crippen molar-refractivity contribution in [2.24, 2.45) is 5.73 Å². The Kier molecular flexibility index (Phi) is 4.38. The van der Waals surface area contributed by atoms with Crippen LogP contribution in [0.2, 0.25) is 0 Å². The van der Waals surface area contributed by atoms with Crippen LogP contribution in [0.4, 0.5) is 0 Å². The third kappa shape index (κ3) is 4.99. The molecule has 66 valence electrons. The normalized spacial score (nSPS) is 11.6. The highest BCUT2D eigenvalue weighted by Gasteiger charge is 2.14. The summed E-state index contributed by atoms with van der Waals surface area (Å²) in [5.74, 6) is 0. The Morgan fingerprint density at radius 3 is 2.45 bits per heavy atom. The standard InChI is InChI=1S/C9H20N2/c1-8(5-6-10)7-9(2,3)11-4/h11H,1,5-7,10H2,2-4H3. The molecular formula is C9H20N2. The second-order valence-electron chi connectivity index (χ2n) is 3.60. The summed E-state index contributed by atoms with van der Waals surface area (Å²) in [5, 5.41) is 3.23. The minimum absolute atomic E-state index is 0.159. The van der Waals surface area contributed by atoms with Gasteiger partial charge in [-0.3, -0.25) is 0 Å². The smallest absolute Gasteiger partial charge is 0.0159 e. The number of hydrogen-bond acceptors (Lipinski definition) is 2. The summed E-state index contributed by atoms with van der Waals surface area (Å²) in [4.78, 5) is 0. The van der Waals surface area contributed by atoms with Gasteiger partial charge in [-0.25, -0.2) is 0 Å². The maximum Gasteiger partial charge on any atom is 0.0159 e. The van der Waals surface area contributed by atoms with E-state index in [0.717, 1.165) is 12.8 Å². The zero-order valence-corrected chi connectivity index (χ0v) is 7.91. The first kappa shape index (κ1) is 10.7. The van der Waals surface area contributed by atoms with Gasteiger partial charge in [0.1, 0.15) is 0 Å². The number of rotatable bonds is 5. The molecule has 11 heavy (non-hydrogen) atoms. The van der Waals surface area contributed by atoms with Crippen LogP contribution in [0, 0.1) is 0 Å². The molecule has 0 aromatic heterocycles. The summed E-state index contributed by atoms with van der Waals surface area (Å²) < 4.78 is 0. The molecular weight excluding hydrogens is 136 g/mol. The lowest BCUT2D eigenvalue weighted by Crippen LogP contribution is -2.36. The third-order valence-electron chi connectivity index (χ3n) is 1.87. The minimum Gasteiger partial charge on any atom is -0.330 e. The van der Waals surface area contributed by atoms with Crippen molar-refractivity contribution in [3.8, 4) is 0 Å². The van der Waals surface area contributed by atoms with Gasteiger partial charge in [0.25, 0.3) is 0 Å². The van der Waals surface area contributed by atoms with Gasteiger partial charge in [0.15, 0.2) is 0 Å². The molecule has 0 rings (SSSR count). The van der Waals surface area contributed by atoms with Crippen LogP contribution in [0.3, 0.4) is 0 Å². The Morgan fingerprint density at radius 1 is 1.55 bits per heavy atom. The predicted molar refractivity (Wildman–Crippen MR) is 50.6 cm³/mol. The molecule has 0 unspecified atom stereocenters. The minimum atomic E-state index is 0.159.